The number of nitrogens with zero attached hydrogens (tertiary/aromatic N) is 3. The van der Waals surface area contributed by atoms with Gasteiger partial charge in [0.05, 0.1) is 5.25 Å². The maximum Gasteiger partial charge on any atom is 0.243 e. The third kappa shape index (κ3) is 6.27. The molecule has 0 bridgehead atoms. The number of nitrogens with one attached hydrogen (secondary N) is 2. The van der Waals surface area contributed by atoms with E-state index in [1.54, 1.807) is 14.1 Å². The van der Waals surface area contributed by atoms with Crippen LogP contribution < -0.4 is 10.0 Å². The Bertz CT molecular complexity index is 557. The number of carbonyl (C=O) groups excluding carboxylic acids is 1. The number of aliphatic imine (C=N–C) groups is 1. The van der Waals surface area contributed by atoms with Crippen molar-refractivity contribution in [1.29, 1.82) is 0 Å². The van der Waals surface area contributed by atoms with Crippen molar-refractivity contribution >= 4 is 21.9 Å². The molecule has 9 heteroatoms. The minimum absolute atomic E-state index is 0.0419. The Balaban J connectivity index is 2.83. The molecule has 1 amide bonds. The van der Waals surface area contributed by atoms with Crippen LogP contribution in [0.4, 0.5) is 0 Å². The highest BCUT2D eigenvalue weighted by Crippen LogP contribution is 2.17. The SMILES string of the molecule is CC(C)NC(=NCC(=O)N(C)C)N1CCC(S(=O)(=O)NC(C)C)C1. The van der Waals surface area contributed by atoms with Gasteiger partial charge in [-0.2, -0.15) is 0 Å². The zero-order valence-corrected chi connectivity index (χ0v) is 16.4. The summed E-state index contributed by atoms with van der Waals surface area (Å²) in [6, 6.07) is 0.0198. The molecule has 0 aromatic rings. The summed E-state index contributed by atoms with van der Waals surface area (Å²) in [5, 5.41) is 2.75. The first-order chi connectivity index (χ1) is 11.0. The predicted octanol–water partition coefficient (Wildman–Crippen LogP) is -0.169. The topological polar surface area (TPSA) is 94.1 Å². The second-order valence-electron chi connectivity index (χ2n) is 6.90. The monoisotopic (exact) mass is 361 g/mol. The van der Waals surface area contributed by atoms with E-state index in [0.29, 0.717) is 25.5 Å². The number of amides is 1. The third-order valence-corrected chi connectivity index (χ3v) is 5.63. The molecule has 0 aromatic heterocycles. The molecule has 1 heterocycles. The molecule has 140 valence electrons. The van der Waals surface area contributed by atoms with Crippen LogP contribution in [0.15, 0.2) is 4.99 Å². The summed E-state index contributed by atoms with van der Waals surface area (Å²) in [6.07, 6.45) is 0.544. The standard InChI is InChI=1S/C15H31N5O3S/c1-11(2)17-15(16-9-14(21)19(5)6)20-8-7-13(10-20)24(22,23)18-12(3)4/h11-13,18H,7-10H2,1-6H3,(H,16,17). The van der Waals surface area contributed by atoms with Crippen molar-refractivity contribution in [2.24, 2.45) is 4.99 Å². The van der Waals surface area contributed by atoms with Gasteiger partial charge in [-0.1, -0.05) is 0 Å². The number of guanidine groups is 1. The number of likely N-dealkylation sites (N-methyl/N-ethyl adjacent to an activating group) is 1. The van der Waals surface area contributed by atoms with Gasteiger partial charge in [-0.15, -0.1) is 0 Å². The Labute approximate surface area is 145 Å². The largest absolute Gasteiger partial charge is 0.354 e. The second-order valence-corrected chi connectivity index (χ2v) is 8.89. The van der Waals surface area contributed by atoms with Crippen LogP contribution >= 0.6 is 0 Å². The first-order valence-electron chi connectivity index (χ1n) is 8.30. The summed E-state index contributed by atoms with van der Waals surface area (Å²) in [7, 11) is 0.0195. The van der Waals surface area contributed by atoms with Crippen LogP contribution in [0.5, 0.6) is 0 Å². The van der Waals surface area contributed by atoms with Gasteiger partial charge in [-0.25, -0.2) is 18.1 Å². The molecule has 1 aliphatic heterocycles. The average Bonchev–Trinajstić information content (AvgIpc) is 2.91. The lowest BCUT2D eigenvalue weighted by Crippen LogP contribution is -2.46. The molecule has 0 spiro atoms. The Morgan fingerprint density at radius 2 is 1.88 bits per heavy atom. The number of rotatable bonds is 6. The fraction of sp³-hybridized carbons (Fsp3) is 0.867. The molecular formula is C15H31N5O3S. The summed E-state index contributed by atoms with van der Waals surface area (Å²) in [4.78, 5) is 19.5. The van der Waals surface area contributed by atoms with Gasteiger partial charge in [-0.3, -0.25) is 4.79 Å². The van der Waals surface area contributed by atoms with Crippen LogP contribution in [0.1, 0.15) is 34.1 Å². The number of hydrogen-bond donors (Lipinski definition) is 2. The lowest BCUT2D eigenvalue weighted by molar-refractivity contribution is -0.127. The maximum absolute atomic E-state index is 12.3. The number of hydrogen-bond acceptors (Lipinski definition) is 4. The van der Waals surface area contributed by atoms with Crippen molar-refractivity contribution in [2.45, 2.75) is 51.4 Å². The van der Waals surface area contributed by atoms with Gasteiger partial charge in [0.15, 0.2) is 5.96 Å². The highest BCUT2D eigenvalue weighted by Gasteiger charge is 2.34. The van der Waals surface area contributed by atoms with E-state index in [4.69, 9.17) is 0 Å². The van der Waals surface area contributed by atoms with Gasteiger partial charge in [-0.05, 0) is 34.1 Å². The molecule has 1 saturated heterocycles. The van der Waals surface area contributed by atoms with Gasteiger partial charge in [0.2, 0.25) is 15.9 Å². The van der Waals surface area contributed by atoms with E-state index in [0.717, 1.165) is 0 Å². The molecule has 1 aliphatic rings. The molecule has 2 N–H and O–H groups in total. The summed E-state index contributed by atoms with van der Waals surface area (Å²) in [6.45, 7) is 8.59. The van der Waals surface area contributed by atoms with Crippen molar-refractivity contribution in [3.05, 3.63) is 0 Å². The van der Waals surface area contributed by atoms with E-state index >= 15 is 0 Å². The van der Waals surface area contributed by atoms with Crippen molar-refractivity contribution < 1.29 is 13.2 Å². The number of likely N-dealkylation sites (tertiary alicyclic amines) is 1. The molecule has 1 rings (SSSR count). The summed E-state index contributed by atoms with van der Waals surface area (Å²) in [5.41, 5.74) is 0. The zero-order chi connectivity index (χ0) is 18.5. The van der Waals surface area contributed by atoms with E-state index in [1.165, 1.54) is 4.90 Å². The number of carbonyl (C=O) groups is 1. The Morgan fingerprint density at radius 3 is 2.38 bits per heavy atom. The van der Waals surface area contributed by atoms with Gasteiger partial charge >= 0.3 is 0 Å². The smallest absolute Gasteiger partial charge is 0.243 e. The van der Waals surface area contributed by atoms with Gasteiger partial charge in [0.25, 0.3) is 0 Å². The lowest BCUT2D eigenvalue weighted by Gasteiger charge is -2.24. The van der Waals surface area contributed by atoms with E-state index in [1.807, 2.05) is 32.6 Å². The van der Waals surface area contributed by atoms with E-state index in [-0.39, 0.29) is 24.5 Å². The fourth-order valence-corrected chi connectivity index (χ4v) is 4.02. The summed E-state index contributed by atoms with van der Waals surface area (Å²) >= 11 is 0. The highest BCUT2D eigenvalue weighted by molar-refractivity contribution is 7.90. The summed E-state index contributed by atoms with van der Waals surface area (Å²) < 4.78 is 27.3. The quantitative estimate of drug-likeness (QED) is 0.506. The first kappa shape index (κ1) is 20.7. The van der Waals surface area contributed by atoms with Crippen LogP contribution in [0.3, 0.4) is 0 Å². The van der Waals surface area contributed by atoms with Gasteiger partial charge < -0.3 is 15.1 Å². The molecule has 1 fully saturated rings. The molecule has 1 atom stereocenters. The molecule has 0 radical (unpaired) electrons. The normalized spacial score (nSPS) is 19.2. The van der Waals surface area contributed by atoms with Crippen molar-refractivity contribution in [3.8, 4) is 0 Å². The molecule has 24 heavy (non-hydrogen) atoms. The van der Waals surface area contributed by atoms with Crippen molar-refractivity contribution in [1.82, 2.24) is 19.8 Å². The molecular weight excluding hydrogens is 330 g/mol. The Hall–Kier alpha value is -1.35. The second kappa shape index (κ2) is 8.66. The molecule has 0 aromatic carbocycles. The third-order valence-electron chi connectivity index (χ3n) is 3.56. The number of sulfonamides is 1. The minimum Gasteiger partial charge on any atom is -0.354 e. The minimum atomic E-state index is -3.35. The van der Waals surface area contributed by atoms with Crippen molar-refractivity contribution in [2.75, 3.05) is 33.7 Å². The van der Waals surface area contributed by atoms with Crippen LogP contribution in [0, 0.1) is 0 Å². The van der Waals surface area contributed by atoms with Gasteiger partial charge in [0, 0.05) is 39.3 Å². The predicted molar refractivity (Wildman–Crippen MR) is 96.4 cm³/mol. The molecule has 8 nitrogen and oxygen atoms in total. The van der Waals surface area contributed by atoms with E-state index < -0.39 is 15.3 Å². The van der Waals surface area contributed by atoms with Crippen LogP contribution in [0.25, 0.3) is 0 Å². The maximum atomic E-state index is 12.3. The average molecular weight is 362 g/mol. The first-order valence-corrected chi connectivity index (χ1v) is 9.84. The van der Waals surface area contributed by atoms with Crippen LogP contribution in [0.2, 0.25) is 0 Å². The van der Waals surface area contributed by atoms with Crippen LogP contribution in [-0.2, 0) is 14.8 Å². The van der Waals surface area contributed by atoms with Crippen LogP contribution in [-0.4, -0.2) is 81.1 Å². The van der Waals surface area contributed by atoms with Gasteiger partial charge in [0.1, 0.15) is 6.54 Å². The lowest BCUT2D eigenvalue weighted by atomic mass is 10.4. The van der Waals surface area contributed by atoms with E-state index in [2.05, 4.69) is 15.0 Å². The Kier molecular flexibility index (Phi) is 7.47. The zero-order valence-electron chi connectivity index (χ0n) is 15.5. The highest BCUT2D eigenvalue weighted by atomic mass is 32.2. The molecule has 0 aliphatic carbocycles. The van der Waals surface area contributed by atoms with E-state index in [9.17, 15) is 13.2 Å². The Morgan fingerprint density at radius 1 is 1.25 bits per heavy atom. The van der Waals surface area contributed by atoms with Crippen molar-refractivity contribution in [3.63, 3.8) is 0 Å². The molecule has 0 saturated carbocycles. The summed E-state index contributed by atoms with van der Waals surface area (Å²) in [5.74, 6) is 0.491. The molecule has 1 unspecified atom stereocenters. The fourth-order valence-electron chi connectivity index (χ4n) is 2.38.